The summed E-state index contributed by atoms with van der Waals surface area (Å²) in [4.78, 5) is 10.4. The van der Waals surface area contributed by atoms with Crippen LogP contribution in [0.25, 0.3) is 0 Å². The third-order valence-corrected chi connectivity index (χ3v) is 5.83. The van der Waals surface area contributed by atoms with Crippen LogP contribution in [-0.4, -0.2) is 13.0 Å². The van der Waals surface area contributed by atoms with Crippen LogP contribution < -0.4 is 10.5 Å². The van der Waals surface area contributed by atoms with E-state index in [9.17, 15) is 4.79 Å². The second-order valence-electron chi connectivity index (χ2n) is 7.73. The first kappa shape index (κ1) is 25.5. The molecular formula is C24H35ClN2OS. The van der Waals surface area contributed by atoms with Crippen molar-refractivity contribution in [3.05, 3.63) is 69.7 Å². The SMILES string of the molecule is Cc1ccc(C(CCc2ccccc2Cl)CCC(C)CCNC=O)c(C)c1.NS. The molecule has 0 fully saturated rings. The minimum Gasteiger partial charge on any atom is -0.359 e. The minimum absolute atomic E-state index is 0.531. The maximum absolute atomic E-state index is 10.4. The van der Waals surface area contributed by atoms with E-state index < -0.39 is 0 Å². The van der Waals surface area contributed by atoms with Gasteiger partial charge in [-0.25, -0.2) is 0 Å². The Bertz CT molecular complexity index is 739. The van der Waals surface area contributed by atoms with Crippen LogP contribution in [0, 0.1) is 19.8 Å². The molecule has 0 saturated heterocycles. The van der Waals surface area contributed by atoms with Gasteiger partial charge in [0, 0.05) is 11.6 Å². The number of aryl methyl sites for hydroxylation is 3. The fourth-order valence-corrected chi connectivity index (χ4v) is 4.02. The zero-order chi connectivity index (χ0) is 21.6. The van der Waals surface area contributed by atoms with Gasteiger partial charge < -0.3 is 5.32 Å². The number of carbonyl (C=O) groups excluding carboxylic acids is 1. The molecule has 3 nitrogen and oxygen atoms in total. The number of hydrogen-bond acceptors (Lipinski definition) is 3. The van der Waals surface area contributed by atoms with Crippen molar-refractivity contribution in [1.82, 2.24) is 5.32 Å². The third kappa shape index (κ3) is 9.24. The van der Waals surface area contributed by atoms with Gasteiger partial charge in [-0.3, -0.25) is 9.93 Å². The summed E-state index contributed by atoms with van der Waals surface area (Å²) in [5.41, 5.74) is 5.40. The summed E-state index contributed by atoms with van der Waals surface area (Å²) in [6.07, 6.45) is 6.25. The summed E-state index contributed by atoms with van der Waals surface area (Å²) < 4.78 is 0. The van der Waals surface area contributed by atoms with E-state index in [2.05, 4.69) is 74.4 Å². The lowest BCUT2D eigenvalue weighted by atomic mass is 9.83. The van der Waals surface area contributed by atoms with Crippen LogP contribution in [0.2, 0.25) is 5.02 Å². The molecule has 0 aliphatic heterocycles. The van der Waals surface area contributed by atoms with Crippen molar-refractivity contribution in [2.45, 2.75) is 58.8 Å². The number of thiol groups is 1. The monoisotopic (exact) mass is 434 g/mol. The summed E-state index contributed by atoms with van der Waals surface area (Å²) in [6, 6.07) is 15.0. The predicted molar refractivity (Wildman–Crippen MR) is 129 cm³/mol. The highest BCUT2D eigenvalue weighted by Crippen LogP contribution is 2.32. The van der Waals surface area contributed by atoms with Gasteiger partial charge in [-0.05, 0) is 74.1 Å². The molecule has 3 N–H and O–H groups in total. The Balaban J connectivity index is 0.00000204. The van der Waals surface area contributed by atoms with E-state index in [0.29, 0.717) is 11.8 Å². The van der Waals surface area contributed by atoms with Crippen LogP contribution in [0.4, 0.5) is 0 Å². The maximum atomic E-state index is 10.4. The fourth-order valence-electron chi connectivity index (χ4n) is 3.79. The summed E-state index contributed by atoms with van der Waals surface area (Å²) in [5.74, 6) is 1.13. The van der Waals surface area contributed by atoms with Gasteiger partial charge in [0.2, 0.25) is 6.41 Å². The fraction of sp³-hybridized carbons (Fsp3) is 0.458. The van der Waals surface area contributed by atoms with E-state index in [4.69, 9.17) is 11.6 Å². The molecule has 2 atom stereocenters. The molecule has 0 heterocycles. The molecule has 2 aromatic rings. The molecule has 2 unspecified atom stereocenters. The molecule has 0 aromatic heterocycles. The smallest absolute Gasteiger partial charge is 0.207 e. The first-order valence-corrected chi connectivity index (χ1v) is 11.1. The lowest BCUT2D eigenvalue weighted by Crippen LogP contribution is -2.15. The predicted octanol–water partition coefficient (Wildman–Crippen LogP) is 6.02. The number of halogens is 1. The first-order valence-electron chi connectivity index (χ1n) is 10.2. The van der Waals surface area contributed by atoms with Gasteiger partial charge in [0.1, 0.15) is 0 Å². The van der Waals surface area contributed by atoms with E-state index in [1.54, 1.807) is 0 Å². The van der Waals surface area contributed by atoms with Gasteiger partial charge in [0.05, 0.1) is 0 Å². The Kier molecular flexibility index (Phi) is 12.8. The molecular weight excluding hydrogens is 400 g/mol. The summed E-state index contributed by atoms with van der Waals surface area (Å²) in [7, 11) is 0. The van der Waals surface area contributed by atoms with E-state index in [-0.39, 0.29) is 0 Å². The van der Waals surface area contributed by atoms with Gasteiger partial charge in [-0.1, -0.05) is 66.9 Å². The van der Waals surface area contributed by atoms with E-state index in [1.165, 1.54) is 28.7 Å². The molecule has 0 radical (unpaired) electrons. The molecule has 1 amide bonds. The average molecular weight is 435 g/mol. The Hall–Kier alpha value is -1.49. The summed E-state index contributed by atoms with van der Waals surface area (Å²) >= 11 is 9.40. The standard InChI is InChI=1S/C24H32ClNO.H3NS/c1-18(14-15-26-17-27)8-10-21(23-13-9-19(2)16-20(23)3)11-12-22-6-4-5-7-24(22)25;1-2/h4-7,9,13,16-18,21H,8,10-12,14-15H2,1-3H3,(H,26,27);2H,1H2. The number of benzene rings is 2. The second kappa shape index (κ2) is 14.5. The molecule has 2 rings (SSSR count). The lowest BCUT2D eigenvalue weighted by Gasteiger charge is -2.22. The Morgan fingerprint density at radius 2 is 1.79 bits per heavy atom. The molecule has 29 heavy (non-hydrogen) atoms. The maximum Gasteiger partial charge on any atom is 0.207 e. The van der Waals surface area contributed by atoms with Crippen LogP contribution in [0.3, 0.4) is 0 Å². The first-order chi connectivity index (χ1) is 14.0. The molecule has 0 bridgehead atoms. The van der Waals surface area contributed by atoms with Crippen molar-refractivity contribution in [2.75, 3.05) is 6.54 Å². The Morgan fingerprint density at radius 1 is 1.07 bits per heavy atom. The minimum atomic E-state index is 0.531. The highest BCUT2D eigenvalue weighted by molar-refractivity contribution is 7.77. The number of amides is 1. The van der Waals surface area contributed by atoms with Crippen molar-refractivity contribution in [1.29, 1.82) is 0 Å². The van der Waals surface area contributed by atoms with Gasteiger partial charge >= 0.3 is 0 Å². The van der Waals surface area contributed by atoms with Crippen LogP contribution in [0.5, 0.6) is 0 Å². The van der Waals surface area contributed by atoms with E-state index in [0.717, 1.165) is 43.7 Å². The summed E-state index contributed by atoms with van der Waals surface area (Å²) in [6.45, 7) is 7.41. The van der Waals surface area contributed by atoms with E-state index in [1.807, 2.05) is 12.1 Å². The molecule has 5 heteroatoms. The van der Waals surface area contributed by atoms with Gasteiger partial charge in [0.15, 0.2) is 0 Å². The molecule has 0 spiro atoms. The van der Waals surface area contributed by atoms with E-state index >= 15 is 0 Å². The van der Waals surface area contributed by atoms with Crippen LogP contribution in [-0.2, 0) is 11.2 Å². The zero-order valence-corrected chi connectivity index (χ0v) is 19.5. The number of nitrogens with one attached hydrogen (secondary N) is 1. The molecule has 0 saturated carbocycles. The van der Waals surface area contributed by atoms with Gasteiger partial charge in [0.25, 0.3) is 0 Å². The average Bonchev–Trinajstić information content (AvgIpc) is 2.71. The molecule has 0 aliphatic carbocycles. The van der Waals surface area contributed by atoms with Crippen LogP contribution in [0.1, 0.15) is 60.8 Å². The number of nitrogens with two attached hydrogens (primary N) is 1. The number of hydrogen-bond donors (Lipinski definition) is 3. The van der Waals surface area contributed by atoms with Crippen molar-refractivity contribution >= 4 is 30.8 Å². The molecule has 2 aromatic carbocycles. The Labute approximate surface area is 187 Å². The largest absolute Gasteiger partial charge is 0.359 e. The van der Waals surface area contributed by atoms with Crippen LogP contribution in [0.15, 0.2) is 42.5 Å². The zero-order valence-electron chi connectivity index (χ0n) is 17.8. The second-order valence-corrected chi connectivity index (χ2v) is 8.14. The van der Waals surface area contributed by atoms with Crippen molar-refractivity contribution < 1.29 is 4.79 Å². The summed E-state index contributed by atoms with van der Waals surface area (Å²) in [5, 5.41) is 7.83. The van der Waals surface area contributed by atoms with Crippen molar-refractivity contribution in [2.24, 2.45) is 11.1 Å². The topological polar surface area (TPSA) is 55.1 Å². The molecule has 160 valence electrons. The van der Waals surface area contributed by atoms with Gasteiger partial charge in [-0.15, -0.1) is 12.8 Å². The van der Waals surface area contributed by atoms with Crippen molar-refractivity contribution in [3.63, 3.8) is 0 Å². The van der Waals surface area contributed by atoms with Crippen molar-refractivity contribution in [3.8, 4) is 0 Å². The highest BCUT2D eigenvalue weighted by Gasteiger charge is 2.16. The Morgan fingerprint density at radius 3 is 2.45 bits per heavy atom. The third-order valence-electron chi connectivity index (χ3n) is 5.46. The van der Waals surface area contributed by atoms with Gasteiger partial charge in [-0.2, -0.15) is 0 Å². The lowest BCUT2D eigenvalue weighted by molar-refractivity contribution is -0.109. The normalized spacial score (nSPS) is 12.5. The number of rotatable bonds is 11. The highest BCUT2D eigenvalue weighted by atomic mass is 35.5. The number of carbonyl (C=O) groups is 1. The molecule has 0 aliphatic rings. The van der Waals surface area contributed by atoms with Crippen LogP contribution >= 0.6 is 24.4 Å². The quantitative estimate of drug-likeness (QED) is 0.230.